The Morgan fingerprint density at radius 1 is 1.39 bits per heavy atom. The maximum absolute atomic E-state index is 12.1. The molecule has 0 radical (unpaired) electrons. The molecule has 2 N–H and O–H groups in total. The molecule has 1 fully saturated rings. The molecule has 1 aliphatic rings. The van der Waals surface area contributed by atoms with Crippen LogP contribution < -0.4 is 5.73 Å². The van der Waals surface area contributed by atoms with Crippen LogP contribution in [0.4, 0.5) is 0 Å². The zero-order valence-corrected chi connectivity index (χ0v) is 12.2. The summed E-state index contributed by atoms with van der Waals surface area (Å²) in [4.78, 5) is 16.5. The normalized spacial score (nSPS) is 16.8. The van der Waals surface area contributed by atoms with Crippen molar-refractivity contribution in [3.63, 3.8) is 0 Å². The Morgan fingerprint density at radius 2 is 2.06 bits per heavy atom. The van der Waals surface area contributed by atoms with Gasteiger partial charge >= 0.3 is 0 Å². The van der Waals surface area contributed by atoms with Crippen molar-refractivity contribution in [1.82, 2.24) is 9.80 Å². The molecule has 1 aliphatic heterocycles. The maximum atomic E-state index is 12.1. The van der Waals surface area contributed by atoms with E-state index in [1.165, 1.54) is 0 Å². The van der Waals surface area contributed by atoms with Gasteiger partial charge in [-0.05, 0) is 28.1 Å². The van der Waals surface area contributed by atoms with E-state index < -0.39 is 0 Å². The van der Waals surface area contributed by atoms with Gasteiger partial charge in [-0.1, -0.05) is 12.2 Å². The Kier molecular flexibility index (Phi) is 4.36. The van der Waals surface area contributed by atoms with E-state index in [1.54, 1.807) is 17.0 Å². The number of carbonyl (C=O) groups excluding carboxylic acids is 1. The summed E-state index contributed by atoms with van der Waals surface area (Å²) in [6.07, 6.45) is 0. The molecule has 0 bridgehead atoms. The molecule has 0 atom stereocenters. The monoisotopic (exact) mass is 331 g/mol. The van der Waals surface area contributed by atoms with Crippen molar-refractivity contribution in [3.05, 3.63) is 22.6 Å². The summed E-state index contributed by atoms with van der Waals surface area (Å²) in [7, 11) is 0. The van der Waals surface area contributed by atoms with Gasteiger partial charge in [0.1, 0.15) is 0 Å². The lowest BCUT2D eigenvalue weighted by Crippen LogP contribution is -2.50. The van der Waals surface area contributed by atoms with Crippen LogP contribution in [0.3, 0.4) is 0 Å². The molecule has 1 aromatic rings. The molecular weight excluding hydrogens is 318 g/mol. The fourth-order valence-corrected chi connectivity index (χ4v) is 2.40. The molecule has 0 unspecified atom stereocenters. The van der Waals surface area contributed by atoms with E-state index in [4.69, 9.17) is 22.4 Å². The summed E-state index contributed by atoms with van der Waals surface area (Å²) in [6, 6.07) is 3.39. The van der Waals surface area contributed by atoms with Gasteiger partial charge < -0.3 is 15.1 Å². The number of amides is 1. The molecule has 18 heavy (non-hydrogen) atoms. The smallest absolute Gasteiger partial charge is 0.289 e. The zero-order chi connectivity index (χ0) is 13.1. The molecule has 98 valence electrons. The van der Waals surface area contributed by atoms with Gasteiger partial charge in [0.25, 0.3) is 5.91 Å². The molecule has 1 saturated heterocycles. The van der Waals surface area contributed by atoms with E-state index in [0.717, 1.165) is 13.1 Å². The fourth-order valence-electron chi connectivity index (χ4n) is 1.91. The third-order valence-electron chi connectivity index (χ3n) is 2.82. The molecule has 2 heterocycles. The van der Waals surface area contributed by atoms with E-state index in [2.05, 4.69) is 20.8 Å². The van der Waals surface area contributed by atoms with Crippen LogP contribution in [-0.2, 0) is 0 Å². The van der Waals surface area contributed by atoms with Crippen LogP contribution in [0.2, 0.25) is 0 Å². The van der Waals surface area contributed by atoms with Gasteiger partial charge in [-0.25, -0.2) is 0 Å². The van der Waals surface area contributed by atoms with Crippen molar-refractivity contribution >= 4 is 39.0 Å². The number of carbonyl (C=O) groups is 1. The zero-order valence-electron chi connectivity index (χ0n) is 9.76. The molecule has 2 rings (SSSR count). The molecule has 0 spiro atoms. The van der Waals surface area contributed by atoms with Crippen LogP contribution in [-0.4, -0.2) is 53.4 Å². The second-order valence-electron chi connectivity index (χ2n) is 4.14. The van der Waals surface area contributed by atoms with Crippen molar-refractivity contribution in [2.75, 3.05) is 32.7 Å². The van der Waals surface area contributed by atoms with Crippen LogP contribution in [0.25, 0.3) is 0 Å². The predicted octanol–water partition coefficient (Wildman–Crippen LogP) is 1.09. The third-order valence-corrected chi connectivity index (χ3v) is 3.38. The first-order valence-electron chi connectivity index (χ1n) is 5.61. The molecule has 0 aromatic carbocycles. The van der Waals surface area contributed by atoms with Gasteiger partial charge in [0.05, 0.1) is 4.99 Å². The highest BCUT2D eigenvalue weighted by molar-refractivity contribution is 9.10. The Labute approximate surface area is 119 Å². The minimum absolute atomic E-state index is 0.0734. The molecular formula is C11H14BrN3O2S. The molecule has 1 amide bonds. The van der Waals surface area contributed by atoms with Crippen molar-refractivity contribution in [2.45, 2.75) is 0 Å². The second-order valence-corrected chi connectivity index (χ2v) is 5.44. The number of furan rings is 1. The minimum atomic E-state index is -0.0734. The number of thiocarbonyl (C=S) groups is 1. The highest BCUT2D eigenvalue weighted by Gasteiger charge is 2.24. The number of piperazine rings is 1. The SMILES string of the molecule is NC(=S)CN1CCN(C(=O)c2ccc(Br)o2)CC1. The van der Waals surface area contributed by atoms with Gasteiger partial charge in [0.2, 0.25) is 0 Å². The van der Waals surface area contributed by atoms with Crippen molar-refractivity contribution in [3.8, 4) is 0 Å². The second kappa shape index (κ2) is 5.81. The highest BCUT2D eigenvalue weighted by atomic mass is 79.9. The number of nitrogens with two attached hydrogens (primary N) is 1. The third kappa shape index (κ3) is 3.30. The van der Waals surface area contributed by atoms with Gasteiger partial charge in [0, 0.05) is 32.7 Å². The summed E-state index contributed by atoms with van der Waals surface area (Å²) in [5, 5.41) is 0. The average Bonchev–Trinajstić information content (AvgIpc) is 2.75. The summed E-state index contributed by atoms with van der Waals surface area (Å²) < 4.78 is 5.83. The molecule has 7 heteroatoms. The van der Waals surface area contributed by atoms with E-state index in [9.17, 15) is 4.79 Å². The predicted molar refractivity (Wildman–Crippen MR) is 75.5 cm³/mol. The number of nitrogens with zero attached hydrogens (tertiary/aromatic N) is 2. The van der Waals surface area contributed by atoms with E-state index in [0.29, 0.717) is 35.1 Å². The average molecular weight is 332 g/mol. The lowest BCUT2D eigenvalue weighted by atomic mass is 10.3. The van der Waals surface area contributed by atoms with Gasteiger partial charge in [-0.3, -0.25) is 9.69 Å². The first-order valence-corrected chi connectivity index (χ1v) is 6.81. The Balaban J connectivity index is 1.90. The van der Waals surface area contributed by atoms with Crippen LogP contribution in [0.1, 0.15) is 10.6 Å². The van der Waals surface area contributed by atoms with Crippen LogP contribution >= 0.6 is 28.1 Å². The molecule has 0 aliphatic carbocycles. The lowest BCUT2D eigenvalue weighted by Gasteiger charge is -2.33. The number of rotatable bonds is 3. The highest BCUT2D eigenvalue weighted by Crippen LogP contribution is 2.16. The summed E-state index contributed by atoms with van der Waals surface area (Å²) >= 11 is 8.06. The number of hydrogen-bond donors (Lipinski definition) is 1. The van der Waals surface area contributed by atoms with Gasteiger partial charge in [-0.15, -0.1) is 0 Å². The van der Waals surface area contributed by atoms with Crippen LogP contribution in [0.15, 0.2) is 21.2 Å². The van der Waals surface area contributed by atoms with Crippen molar-refractivity contribution in [1.29, 1.82) is 0 Å². The Bertz CT molecular complexity index is 455. The fraction of sp³-hybridized carbons (Fsp3) is 0.455. The lowest BCUT2D eigenvalue weighted by molar-refractivity contribution is 0.0622. The molecule has 5 nitrogen and oxygen atoms in total. The van der Waals surface area contributed by atoms with Gasteiger partial charge in [0.15, 0.2) is 10.4 Å². The van der Waals surface area contributed by atoms with E-state index >= 15 is 0 Å². The first-order chi connectivity index (χ1) is 8.56. The summed E-state index contributed by atoms with van der Waals surface area (Å²) in [6.45, 7) is 3.51. The summed E-state index contributed by atoms with van der Waals surface area (Å²) in [5.74, 6) is 0.292. The van der Waals surface area contributed by atoms with Crippen molar-refractivity contribution in [2.24, 2.45) is 5.73 Å². The Morgan fingerprint density at radius 3 is 2.56 bits per heavy atom. The minimum Gasteiger partial charge on any atom is -0.444 e. The molecule has 0 saturated carbocycles. The number of halogens is 1. The number of hydrogen-bond acceptors (Lipinski definition) is 4. The summed E-state index contributed by atoms with van der Waals surface area (Å²) in [5.41, 5.74) is 5.50. The topological polar surface area (TPSA) is 62.7 Å². The van der Waals surface area contributed by atoms with Gasteiger partial charge in [-0.2, -0.15) is 0 Å². The largest absolute Gasteiger partial charge is 0.444 e. The van der Waals surface area contributed by atoms with E-state index in [-0.39, 0.29) is 5.91 Å². The standard InChI is InChI=1S/C11H14BrN3O2S/c12-9-2-1-8(17-9)11(16)15-5-3-14(4-6-15)7-10(13)18/h1-2H,3-7H2,(H2,13,18). The van der Waals surface area contributed by atoms with E-state index in [1.807, 2.05) is 0 Å². The van der Waals surface area contributed by atoms with Crippen LogP contribution in [0.5, 0.6) is 0 Å². The molecule has 1 aromatic heterocycles. The Hall–Kier alpha value is -0.920. The van der Waals surface area contributed by atoms with Crippen molar-refractivity contribution < 1.29 is 9.21 Å². The maximum Gasteiger partial charge on any atom is 0.289 e. The quantitative estimate of drug-likeness (QED) is 0.840. The first kappa shape index (κ1) is 13.5. The van der Waals surface area contributed by atoms with Crippen LogP contribution in [0, 0.1) is 0 Å².